The van der Waals surface area contributed by atoms with Crippen molar-refractivity contribution in [3.63, 3.8) is 0 Å². The molecule has 0 bridgehead atoms. The van der Waals surface area contributed by atoms with Gasteiger partial charge in [-0.2, -0.15) is 0 Å². The van der Waals surface area contributed by atoms with E-state index in [1.165, 1.54) is 35.0 Å². The molecule has 0 aliphatic carbocycles. The van der Waals surface area contributed by atoms with Crippen molar-refractivity contribution in [1.29, 1.82) is 0 Å². The van der Waals surface area contributed by atoms with Crippen LogP contribution in [0.25, 0.3) is 11.8 Å². The number of halogens is 1. The second-order valence-corrected chi connectivity index (χ2v) is 9.65. The van der Waals surface area contributed by atoms with Crippen molar-refractivity contribution in [3.05, 3.63) is 127 Å². The van der Waals surface area contributed by atoms with E-state index in [1.54, 1.807) is 49.4 Å². The van der Waals surface area contributed by atoms with E-state index in [0.717, 1.165) is 0 Å². The highest BCUT2D eigenvalue weighted by Gasteiger charge is 2.35. The van der Waals surface area contributed by atoms with Gasteiger partial charge in [-0.15, -0.1) is 0 Å². The standard InChI is InChI=1S/C30H23FN2O5S/c1-3-37-29(36)25-26(20-7-5-4-6-8-20)32-30-33(27(25)21-11-13-22(31)14-12-21)28(35)24(39-30)17-19-9-15-23(16-10-19)38-18(2)34/h4-17,27H,3H2,1-2H3/b24-17-/t27-/m1/s1. The molecule has 1 aliphatic heterocycles. The Labute approximate surface area is 226 Å². The summed E-state index contributed by atoms with van der Waals surface area (Å²) in [5.74, 6) is -1.08. The molecule has 4 aromatic rings. The van der Waals surface area contributed by atoms with Crippen molar-refractivity contribution < 1.29 is 23.5 Å². The summed E-state index contributed by atoms with van der Waals surface area (Å²) in [6.45, 7) is 3.16. The number of esters is 2. The van der Waals surface area contributed by atoms with Crippen molar-refractivity contribution >= 4 is 35.0 Å². The minimum absolute atomic E-state index is 0.133. The van der Waals surface area contributed by atoms with E-state index in [-0.39, 0.29) is 17.7 Å². The Balaban J connectivity index is 1.74. The maximum Gasteiger partial charge on any atom is 0.338 e. The van der Waals surface area contributed by atoms with E-state index in [2.05, 4.69) is 0 Å². The zero-order valence-electron chi connectivity index (χ0n) is 21.1. The van der Waals surface area contributed by atoms with Crippen molar-refractivity contribution in [2.24, 2.45) is 4.99 Å². The van der Waals surface area contributed by atoms with E-state index < -0.39 is 23.8 Å². The van der Waals surface area contributed by atoms with E-state index in [4.69, 9.17) is 14.5 Å². The Hall–Kier alpha value is -4.63. The van der Waals surface area contributed by atoms with Crippen LogP contribution in [-0.2, 0) is 14.3 Å². The van der Waals surface area contributed by atoms with Gasteiger partial charge in [-0.1, -0.05) is 65.9 Å². The van der Waals surface area contributed by atoms with Crippen LogP contribution in [0.2, 0.25) is 0 Å². The maximum atomic E-state index is 13.9. The number of thiazole rings is 1. The van der Waals surface area contributed by atoms with Gasteiger partial charge in [-0.3, -0.25) is 14.2 Å². The molecule has 3 aromatic carbocycles. The molecule has 0 saturated heterocycles. The fourth-order valence-electron chi connectivity index (χ4n) is 4.35. The van der Waals surface area contributed by atoms with Gasteiger partial charge in [0.25, 0.3) is 5.56 Å². The summed E-state index contributed by atoms with van der Waals surface area (Å²) in [5, 5.41) is 0. The first-order chi connectivity index (χ1) is 18.9. The van der Waals surface area contributed by atoms with Crippen LogP contribution >= 0.6 is 11.3 Å². The number of ether oxygens (including phenoxy) is 2. The first-order valence-electron chi connectivity index (χ1n) is 12.2. The van der Waals surface area contributed by atoms with Crippen LogP contribution in [0, 0.1) is 5.82 Å². The molecular formula is C30H23FN2O5S. The summed E-state index contributed by atoms with van der Waals surface area (Å²) in [7, 11) is 0. The lowest BCUT2D eigenvalue weighted by Crippen LogP contribution is -2.40. The van der Waals surface area contributed by atoms with Crippen molar-refractivity contribution in [2.75, 3.05) is 6.61 Å². The normalized spacial score (nSPS) is 14.9. The largest absolute Gasteiger partial charge is 0.463 e. The van der Waals surface area contributed by atoms with Gasteiger partial charge in [0.2, 0.25) is 0 Å². The minimum Gasteiger partial charge on any atom is -0.463 e. The molecule has 196 valence electrons. The van der Waals surface area contributed by atoms with Gasteiger partial charge in [-0.25, -0.2) is 14.2 Å². The smallest absolute Gasteiger partial charge is 0.338 e. The summed E-state index contributed by atoms with van der Waals surface area (Å²) >= 11 is 1.18. The number of benzene rings is 3. The predicted octanol–water partition coefficient (Wildman–Crippen LogP) is 4.00. The molecule has 2 heterocycles. The lowest BCUT2D eigenvalue weighted by molar-refractivity contribution is -0.139. The molecule has 1 atom stereocenters. The van der Waals surface area contributed by atoms with E-state index in [1.807, 2.05) is 30.3 Å². The van der Waals surface area contributed by atoms with Gasteiger partial charge in [0.05, 0.1) is 28.5 Å². The van der Waals surface area contributed by atoms with Crippen molar-refractivity contribution in [2.45, 2.75) is 19.9 Å². The predicted molar refractivity (Wildman–Crippen MR) is 145 cm³/mol. The summed E-state index contributed by atoms with van der Waals surface area (Å²) in [5.41, 5.74) is 2.17. The van der Waals surface area contributed by atoms with Gasteiger partial charge in [0.15, 0.2) is 4.80 Å². The van der Waals surface area contributed by atoms with Crippen molar-refractivity contribution in [3.8, 4) is 5.75 Å². The van der Waals surface area contributed by atoms with Crippen LogP contribution in [0.4, 0.5) is 4.39 Å². The molecule has 0 spiro atoms. The molecule has 9 heteroatoms. The molecule has 0 amide bonds. The molecule has 0 saturated carbocycles. The Morgan fingerprint density at radius 2 is 1.72 bits per heavy atom. The number of carbonyl (C=O) groups is 2. The third kappa shape index (κ3) is 5.35. The summed E-state index contributed by atoms with van der Waals surface area (Å²) in [6.07, 6.45) is 1.71. The van der Waals surface area contributed by atoms with E-state index >= 15 is 0 Å². The van der Waals surface area contributed by atoms with Gasteiger partial charge < -0.3 is 9.47 Å². The van der Waals surface area contributed by atoms with Crippen LogP contribution in [0.5, 0.6) is 5.75 Å². The molecule has 1 aromatic heterocycles. The monoisotopic (exact) mass is 542 g/mol. The third-order valence-corrected chi connectivity index (χ3v) is 6.98. The van der Waals surface area contributed by atoms with Crippen LogP contribution < -0.4 is 19.6 Å². The quantitative estimate of drug-likeness (QED) is 0.272. The summed E-state index contributed by atoms with van der Waals surface area (Å²) in [4.78, 5) is 43.6. The first kappa shape index (κ1) is 26.0. The molecule has 0 radical (unpaired) electrons. The fourth-order valence-corrected chi connectivity index (χ4v) is 5.35. The topological polar surface area (TPSA) is 87.0 Å². The van der Waals surface area contributed by atoms with Crippen LogP contribution in [0.15, 0.2) is 94.2 Å². The van der Waals surface area contributed by atoms with E-state index in [0.29, 0.717) is 37.5 Å². The van der Waals surface area contributed by atoms with Gasteiger partial charge >= 0.3 is 11.9 Å². The van der Waals surface area contributed by atoms with Crippen LogP contribution in [0.3, 0.4) is 0 Å². The maximum absolute atomic E-state index is 13.9. The first-order valence-corrected chi connectivity index (χ1v) is 13.0. The molecule has 0 unspecified atom stereocenters. The van der Waals surface area contributed by atoms with Crippen LogP contribution in [0.1, 0.15) is 36.6 Å². The van der Waals surface area contributed by atoms with Gasteiger partial charge in [0, 0.05) is 12.5 Å². The lowest BCUT2D eigenvalue weighted by Gasteiger charge is -2.25. The van der Waals surface area contributed by atoms with Gasteiger partial charge in [0.1, 0.15) is 11.6 Å². The molecule has 39 heavy (non-hydrogen) atoms. The van der Waals surface area contributed by atoms with Crippen molar-refractivity contribution in [1.82, 2.24) is 4.57 Å². The second-order valence-electron chi connectivity index (χ2n) is 8.65. The number of nitrogens with zero attached hydrogens (tertiary/aromatic N) is 2. The summed E-state index contributed by atoms with van der Waals surface area (Å²) in [6, 6.07) is 20.7. The average molecular weight is 543 g/mol. The number of carbonyl (C=O) groups excluding carboxylic acids is 2. The highest BCUT2D eigenvalue weighted by molar-refractivity contribution is 7.07. The average Bonchev–Trinajstić information content (AvgIpc) is 3.24. The summed E-state index contributed by atoms with van der Waals surface area (Å²) < 4.78 is 26.2. The number of hydrogen-bond donors (Lipinski definition) is 0. The molecule has 0 N–H and O–H groups in total. The Bertz CT molecular complexity index is 1760. The lowest BCUT2D eigenvalue weighted by atomic mass is 9.93. The highest BCUT2D eigenvalue weighted by Crippen LogP contribution is 2.35. The molecule has 7 nitrogen and oxygen atoms in total. The molecule has 1 aliphatic rings. The number of aromatic nitrogens is 1. The highest BCUT2D eigenvalue weighted by atomic mass is 32.1. The van der Waals surface area contributed by atoms with Crippen LogP contribution in [-0.4, -0.2) is 23.1 Å². The number of fused-ring (bicyclic) bond motifs is 1. The minimum atomic E-state index is -0.885. The zero-order valence-corrected chi connectivity index (χ0v) is 21.9. The fraction of sp³-hybridized carbons (Fsp3) is 0.133. The SMILES string of the molecule is CCOC(=O)C1=C(c2ccccc2)N=c2s/c(=C\c3ccc(OC(C)=O)cc3)c(=O)n2[C@@H]1c1ccc(F)cc1. The number of rotatable bonds is 6. The zero-order chi connectivity index (χ0) is 27.5. The molecule has 0 fully saturated rings. The Morgan fingerprint density at radius 1 is 1.03 bits per heavy atom. The molecule has 5 rings (SSSR count). The molecular weight excluding hydrogens is 519 g/mol. The Morgan fingerprint density at radius 3 is 2.36 bits per heavy atom. The Kier molecular flexibility index (Phi) is 7.33. The number of hydrogen-bond acceptors (Lipinski definition) is 7. The third-order valence-electron chi connectivity index (χ3n) is 6.00. The second kappa shape index (κ2) is 11.0. The van der Waals surface area contributed by atoms with E-state index in [9.17, 15) is 18.8 Å². The van der Waals surface area contributed by atoms with Gasteiger partial charge in [-0.05, 0) is 48.4 Å².